The Balaban J connectivity index is 2.27. The number of hydrogen-bond acceptors (Lipinski definition) is 4. The number of nitriles is 1. The molecule has 0 aliphatic heterocycles. The van der Waals surface area contributed by atoms with Gasteiger partial charge < -0.3 is 10.2 Å². The fourth-order valence-corrected chi connectivity index (χ4v) is 1.16. The van der Waals surface area contributed by atoms with Gasteiger partial charge in [-0.05, 0) is 12.1 Å². The number of anilines is 1. The number of hydrogen-bond donors (Lipinski definition) is 1. The predicted molar refractivity (Wildman–Crippen MR) is 49.2 cm³/mol. The molecule has 0 amide bonds. The lowest BCUT2D eigenvalue weighted by Crippen LogP contribution is -2.05. The highest BCUT2D eigenvalue weighted by molar-refractivity contribution is 5.47. The van der Waals surface area contributed by atoms with Crippen LogP contribution in [0.5, 0.6) is 0 Å². The molecule has 0 saturated heterocycles. The first-order chi connectivity index (χ1) is 6.81. The van der Waals surface area contributed by atoms with E-state index in [2.05, 4.69) is 5.10 Å². The molecule has 0 aromatic carbocycles. The molecule has 0 unspecified atom stereocenters. The van der Waals surface area contributed by atoms with Gasteiger partial charge in [-0.3, -0.25) is 0 Å². The summed E-state index contributed by atoms with van der Waals surface area (Å²) in [7, 11) is 0. The Morgan fingerprint density at radius 2 is 2.50 bits per heavy atom. The fourth-order valence-electron chi connectivity index (χ4n) is 1.16. The normalized spacial score (nSPS) is 9.93. The molecular formula is C9H8N4O. The zero-order chi connectivity index (χ0) is 9.97. The Morgan fingerprint density at radius 1 is 1.64 bits per heavy atom. The van der Waals surface area contributed by atoms with E-state index in [-0.39, 0.29) is 0 Å². The highest BCUT2D eigenvalue weighted by Gasteiger charge is 2.07. The van der Waals surface area contributed by atoms with E-state index in [4.69, 9.17) is 15.4 Å². The third-order valence-electron chi connectivity index (χ3n) is 1.89. The van der Waals surface area contributed by atoms with Gasteiger partial charge in [0.15, 0.2) is 0 Å². The van der Waals surface area contributed by atoms with E-state index in [1.165, 1.54) is 10.9 Å². The Hall–Kier alpha value is -2.22. The minimum absolute atomic E-state index is 0.365. The van der Waals surface area contributed by atoms with Crippen LogP contribution < -0.4 is 5.73 Å². The monoisotopic (exact) mass is 188 g/mol. The van der Waals surface area contributed by atoms with Crippen LogP contribution in [-0.2, 0) is 6.54 Å². The summed E-state index contributed by atoms with van der Waals surface area (Å²) in [6.07, 6.45) is 3.03. The molecule has 0 fully saturated rings. The minimum Gasteiger partial charge on any atom is -0.467 e. The maximum absolute atomic E-state index is 8.65. The van der Waals surface area contributed by atoms with Gasteiger partial charge in [0.1, 0.15) is 29.8 Å². The molecule has 70 valence electrons. The molecule has 0 radical (unpaired) electrons. The van der Waals surface area contributed by atoms with Gasteiger partial charge >= 0.3 is 0 Å². The number of aromatic nitrogens is 2. The summed E-state index contributed by atoms with van der Waals surface area (Å²) < 4.78 is 6.66. The van der Waals surface area contributed by atoms with Gasteiger partial charge in [0.05, 0.1) is 12.5 Å². The maximum atomic E-state index is 8.65. The van der Waals surface area contributed by atoms with Gasteiger partial charge in [0, 0.05) is 0 Å². The van der Waals surface area contributed by atoms with Gasteiger partial charge in [0.2, 0.25) is 0 Å². The van der Waals surface area contributed by atoms with E-state index in [1.807, 2.05) is 12.1 Å². The van der Waals surface area contributed by atoms with Crippen molar-refractivity contribution in [2.75, 3.05) is 5.73 Å². The first-order valence-electron chi connectivity index (χ1n) is 4.05. The lowest BCUT2D eigenvalue weighted by atomic mass is 10.3. The Bertz CT molecular complexity index is 463. The van der Waals surface area contributed by atoms with Crippen LogP contribution in [0.25, 0.3) is 0 Å². The van der Waals surface area contributed by atoms with Crippen molar-refractivity contribution in [2.45, 2.75) is 6.54 Å². The van der Waals surface area contributed by atoms with Crippen LogP contribution in [0, 0.1) is 11.3 Å². The topological polar surface area (TPSA) is 80.8 Å². The molecule has 0 spiro atoms. The molecular weight excluding hydrogens is 180 g/mol. The number of nitrogens with two attached hydrogens (primary N) is 1. The van der Waals surface area contributed by atoms with Crippen LogP contribution in [0.3, 0.4) is 0 Å². The van der Waals surface area contributed by atoms with E-state index < -0.39 is 0 Å². The number of nitrogen functional groups attached to an aromatic ring is 1. The quantitative estimate of drug-likeness (QED) is 0.761. The molecule has 2 rings (SSSR count). The van der Waals surface area contributed by atoms with E-state index in [0.717, 1.165) is 5.76 Å². The number of furan rings is 1. The molecule has 5 nitrogen and oxygen atoms in total. The average Bonchev–Trinajstić information content (AvgIpc) is 2.79. The van der Waals surface area contributed by atoms with Crippen LogP contribution in [0.4, 0.5) is 5.82 Å². The molecule has 14 heavy (non-hydrogen) atoms. The molecule has 0 bridgehead atoms. The highest BCUT2D eigenvalue weighted by atomic mass is 16.3. The van der Waals surface area contributed by atoms with Crippen molar-refractivity contribution in [1.29, 1.82) is 5.26 Å². The summed E-state index contributed by atoms with van der Waals surface area (Å²) in [6.45, 7) is 0.445. The molecule has 0 saturated carbocycles. The second-order valence-electron chi connectivity index (χ2n) is 2.79. The molecule has 2 aromatic rings. The van der Waals surface area contributed by atoms with Crippen molar-refractivity contribution >= 4 is 5.82 Å². The number of rotatable bonds is 2. The van der Waals surface area contributed by atoms with E-state index in [0.29, 0.717) is 17.9 Å². The molecule has 2 aromatic heterocycles. The van der Waals surface area contributed by atoms with Crippen LogP contribution in [-0.4, -0.2) is 9.78 Å². The summed E-state index contributed by atoms with van der Waals surface area (Å²) in [4.78, 5) is 0. The van der Waals surface area contributed by atoms with E-state index >= 15 is 0 Å². The van der Waals surface area contributed by atoms with Gasteiger partial charge in [-0.25, -0.2) is 4.68 Å². The summed E-state index contributed by atoms with van der Waals surface area (Å²) in [5, 5.41) is 12.6. The second kappa shape index (κ2) is 3.26. The summed E-state index contributed by atoms with van der Waals surface area (Å²) >= 11 is 0. The lowest BCUT2D eigenvalue weighted by Gasteiger charge is -2.00. The van der Waals surface area contributed by atoms with Gasteiger partial charge in [-0.15, -0.1) is 0 Å². The van der Waals surface area contributed by atoms with Gasteiger partial charge in [-0.2, -0.15) is 10.4 Å². The van der Waals surface area contributed by atoms with Crippen LogP contribution in [0.15, 0.2) is 29.0 Å². The van der Waals surface area contributed by atoms with Crippen molar-refractivity contribution in [3.8, 4) is 6.07 Å². The highest BCUT2D eigenvalue weighted by Crippen LogP contribution is 2.11. The fraction of sp³-hybridized carbons (Fsp3) is 0.111. The zero-order valence-electron chi connectivity index (χ0n) is 7.34. The smallest absolute Gasteiger partial charge is 0.140 e. The average molecular weight is 188 g/mol. The van der Waals surface area contributed by atoms with Crippen LogP contribution in [0.1, 0.15) is 11.3 Å². The Morgan fingerprint density at radius 3 is 3.07 bits per heavy atom. The molecule has 0 aliphatic carbocycles. The summed E-state index contributed by atoms with van der Waals surface area (Å²) in [6, 6.07) is 5.57. The Labute approximate surface area is 80.4 Å². The van der Waals surface area contributed by atoms with Crippen molar-refractivity contribution in [2.24, 2.45) is 0 Å². The maximum Gasteiger partial charge on any atom is 0.140 e. The third-order valence-corrected chi connectivity index (χ3v) is 1.89. The van der Waals surface area contributed by atoms with Crippen LogP contribution >= 0.6 is 0 Å². The zero-order valence-corrected chi connectivity index (χ0v) is 7.34. The largest absolute Gasteiger partial charge is 0.467 e. The standard InChI is InChI=1S/C9H8N4O/c10-4-7-5-12-13(9(7)11)6-8-2-1-3-14-8/h1-3,5H,6,11H2. The Kier molecular flexibility index (Phi) is 1.95. The SMILES string of the molecule is N#Cc1cnn(Cc2ccco2)c1N. The van der Waals surface area contributed by atoms with Crippen molar-refractivity contribution < 1.29 is 4.42 Å². The van der Waals surface area contributed by atoms with Crippen molar-refractivity contribution in [3.63, 3.8) is 0 Å². The van der Waals surface area contributed by atoms with E-state index in [1.54, 1.807) is 12.3 Å². The van der Waals surface area contributed by atoms with Gasteiger partial charge in [-0.1, -0.05) is 0 Å². The third kappa shape index (κ3) is 1.33. The molecule has 5 heteroatoms. The molecule has 0 aliphatic rings. The minimum atomic E-state index is 0.365. The van der Waals surface area contributed by atoms with Gasteiger partial charge in [0.25, 0.3) is 0 Å². The van der Waals surface area contributed by atoms with E-state index in [9.17, 15) is 0 Å². The van der Waals surface area contributed by atoms with Crippen molar-refractivity contribution in [3.05, 3.63) is 35.9 Å². The second-order valence-corrected chi connectivity index (χ2v) is 2.79. The first-order valence-corrected chi connectivity index (χ1v) is 4.05. The molecule has 0 atom stereocenters. The summed E-state index contributed by atoms with van der Waals surface area (Å²) in [5.74, 6) is 1.12. The lowest BCUT2D eigenvalue weighted by molar-refractivity contribution is 0.482. The summed E-state index contributed by atoms with van der Waals surface area (Å²) in [5.41, 5.74) is 6.05. The first kappa shape index (κ1) is 8.38. The molecule has 2 N–H and O–H groups in total. The molecule has 2 heterocycles. The van der Waals surface area contributed by atoms with Crippen LogP contribution in [0.2, 0.25) is 0 Å². The number of nitrogens with zero attached hydrogens (tertiary/aromatic N) is 3. The predicted octanol–water partition coefficient (Wildman–Crippen LogP) is 0.978. The van der Waals surface area contributed by atoms with Crippen molar-refractivity contribution in [1.82, 2.24) is 9.78 Å².